The highest BCUT2D eigenvalue weighted by Crippen LogP contribution is 2.13. The van der Waals surface area contributed by atoms with Gasteiger partial charge in [0, 0.05) is 6.21 Å². The van der Waals surface area contributed by atoms with E-state index in [-0.39, 0.29) is 11.0 Å². The monoisotopic (exact) mass is 331 g/mol. The van der Waals surface area contributed by atoms with Crippen LogP contribution in [0.4, 0.5) is 0 Å². The lowest BCUT2D eigenvalue weighted by Gasteiger charge is -2.00. The first-order valence-corrected chi connectivity index (χ1v) is 8.32. The highest BCUT2D eigenvalue weighted by molar-refractivity contribution is 7.90. The second-order valence-corrected chi connectivity index (χ2v) is 6.33. The maximum atomic E-state index is 12.0. The van der Waals surface area contributed by atoms with Crippen molar-refractivity contribution in [3.05, 3.63) is 65.2 Å². The van der Waals surface area contributed by atoms with E-state index >= 15 is 0 Å². The molecule has 0 N–H and O–H groups in total. The summed E-state index contributed by atoms with van der Waals surface area (Å²) >= 11 is 0. The Morgan fingerprint density at radius 1 is 1.00 bits per heavy atom. The lowest BCUT2D eigenvalue weighted by molar-refractivity contribution is -0.191. The third-order valence-electron chi connectivity index (χ3n) is 3.05. The predicted molar refractivity (Wildman–Crippen MR) is 86.8 cm³/mol. The molecule has 0 saturated heterocycles. The normalized spacial score (nSPS) is 10.7. The molecule has 5 nitrogen and oxygen atoms in total. The average Bonchev–Trinajstić information content (AvgIpc) is 2.55. The Morgan fingerprint density at radius 3 is 2.00 bits per heavy atom. The average molecular weight is 331 g/mol. The number of aryl methyl sites for hydroxylation is 2. The first-order valence-electron chi connectivity index (χ1n) is 6.88. The SMILES string of the molecule is CCc1ccc(C=NS(=O)(=O)c2ccc(C)cc2)cc1.O=C=O. The zero-order valence-corrected chi connectivity index (χ0v) is 13.7. The van der Waals surface area contributed by atoms with Gasteiger partial charge in [0.05, 0.1) is 4.90 Å². The number of hydrogen-bond donors (Lipinski definition) is 0. The van der Waals surface area contributed by atoms with Crippen LogP contribution in [0.25, 0.3) is 0 Å². The Bertz CT molecular complexity index is 785. The van der Waals surface area contributed by atoms with Crippen molar-refractivity contribution in [2.45, 2.75) is 25.2 Å². The summed E-state index contributed by atoms with van der Waals surface area (Å²) < 4.78 is 27.8. The lowest BCUT2D eigenvalue weighted by atomic mass is 10.1. The molecule has 0 radical (unpaired) electrons. The molecule has 120 valence electrons. The van der Waals surface area contributed by atoms with Crippen LogP contribution in [-0.4, -0.2) is 20.8 Å². The summed E-state index contributed by atoms with van der Waals surface area (Å²) in [6.45, 7) is 3.99. The second-order valence-electron chi connectivity index (χ2n) is 4.70. The molecule has 0 aliphatic heterocycles. The zero-order valence-electron chi connectivity index (χ0n) is 12.9. The van der Waals surface area contributed by atoms with Crippen molar-refractivity contribution in [3.63, 3.8) is 0 Å². The number of nitrogens with zero attached hydrogens (tertiary/aromatic N) is 1. The minimum absolute atomic E-state index is 0.213. The maximum absolute atomic E-state index is 12.0. The van der Waals surface area contributed by atoms with E-state index in [1.54, 1.807) is 24.3 Å². The molecule has 0 unspecified atom stereocenters. The van der Waals surface area contributed by atoms with Crippen molar-refractivity contribution in [2.75, 3.05) is 0 Å². The van der Waals surface area contributed by atoms with Crippen molar-refractivity contribution in [2.24, 2.45) is 4.40 Å². The van der Waals surface area contributed by atoms with Gasteiger partial charge in [-0.15, -0.1) is 0 Å². The number of rotatable bonds is 4. The predicted octanol–water partition coefficient (Wildman–Crippen LogP) is 2.78. The largest absolute Gasteiger partial charge is 0.373 e. The molecule has 0 spiro atoms. The van der Waals surface area contributed by atoms with Gasteiger partial charge in [-0.05, 0) is 36.6 Å². The van der Waals surface area contributed by atoms with Gasteiger partial charge in [-0.3, -0.25) is 0 Å². The minimum Gasteiger partial charge on any atom is -0.199 e. The third-order valence-corrected chi connectivity index (χ3v) is 4.30. The summed E-state index contributed by atoms with van der Waals surface area (Å²) in [7, 11) is -3.62. The standard InChI is InChI=1S/C16H17NO2S.CO2/c1-3-14-6-8-15(9-7-14)12-17-20(18,19)16-10-4-13(2)5-11-16;2-1-3/h4-12H,3H2,1-2H3;. The fraction of sp³-hybridized carbons (Fsp3) is 0.176. The summed E-state index contributed by atoms with van der Waals surface area (Å²) in [6.07, 6.45) is 2.59. The van der Waals surface area contributed by atoms with E-state index in [1.165, 1.54) is 11.8 Å². The van der Waals surface area contributed by atoms with Crippen LogP contribution in [0.3, 0.4) is 0 Å². The number of sulfonamides is 1. The fourth-order valence-electron chi connectivity index (χ4n) is 1.74. The van der Waals surface area contributed by atoms with Gasteiger partial charge in [-0.2, -0.15) is 22.4 Å². The highest BCUT2D eigenvalue weighted by Gasteiger charge is 2.10. The summed E-state index contributed by atoms with van der Waals surface area (Å²) in [5.74, 6) is 0. The summed E-state index contributed by atoms with van der Waals surface area (Å²) in [4.78, 5) is 16.5. The summed E-state index contributed by atoms with van der Waals surface area (Å²) in [5.41, 5.74) is 3.00. The van der Waals surface area contributed by atoms with E-state index in [0.717, 1.165) is 17.5 Å². The Morgan fingerprint density at radius 2 is 1.52 bits per heavy atom. The molecule has 0 atom stereocenters. The highest BCUT2D eigenvalue weighted by atomic mass is 32.2. The quantitative estimate of drug-likeness (QED) is 0.807. The molecule has 0 aliphatic rings. The Balaban J connectivity index is 0.000000816. The van der Waals surface area contributed by atoms with E-state index in [0.29, 0.717) is 0 Å². The van der Waals surface area contributed by atoms with Crippen LogP contribution in [-0.2, 0) is 26.0 Å². The van der Waals surface area contributed by atoms with Crippen molar-refractivity contribution in [1.82, 2.24) is 0 Å². The molecule has 0 aliphatic carbocycles. The third kappa shape index (κ3) is 5.98. The number of carbonyl (C=O) groups excluding carboxylic acids is 2. The maximum Gasteiger partial charge on any atom is 0.373 e. The Labute approximate surface area is 135 Å². The Hall–Kier alpha value is -2.56. The topological polar surface area (TPSA) is 80.6 Å². The fourth-order valence-corrected chi connectivity index (χ4v) is 2.60. The van der Waals surface area contributed by atoms with Crippen LogP contribution in [0.2, 0.25) is 0 Å². The van der Waals surface area contributed by atoms with Crippen molar-refractivity contribution < 1.29 is 18.0 Å². The van der Waals surface area contributed by atoms with Gasteiger partial charge >= 0.3 is 6.15 Å². The van der Waals surface area contributed by atoms with E-state index in [9.17, 15) is 8.42 Å². The van der Waals surface area contributed by atoms with E-state index in [1.807, 2.05) is 31.2 Å². The van der Waals surface area contributed by atoms with Gasteiger partial charge in [0.25, 0.3) is 10.0 Å². The van der Waals surface area contributed by atoms with Crippen LogP contribution in [0.1, 0.15) is 23.6 Å². The van der Waals surface area contributed by atoms with E-state index < -0.39 is 10.0 Å². The molecule has 23 heavy (non-hydrogen) atoms. The smallest absolute Gasteiger partial charge is 0.199 e. The zero-order chi connectivity index (χ0) is 17.3. The molecule has 0 bridgehead atoms. The molecule has 0 fully saturated rings. The molecule has 2 aromatic rings. The van der Waals surface area contributed by atoms with Gasteiger partial charge in [-0.25, -0.2) is 0 Å². The molecule has 2 rings (SSSR count). The molecule has 0 amide bonds. The van der Waals surface area contributed by atoms with Gasteiger partial charge in [0.2, 0.25) is 0 Å². The molecule has 0 saturated carbocycles. The van der Waals surface area contributed by atoms with Gasteiger partial charge < -0.3 is 0 Å². The molecule has 0 heterocycles. The first-order chi connectivity index (χ1) is 10.9. The van der Waals surface area contributed by atoms with Crippen LogP contribution < -0.4 is 0 Å². The molecule has 6 heteroatoms. The molecular formula is C17H17NO4S. The van der Waals surface area contributed by atoms with Crippen LogP contribution in [0, 0.1) is 6.92 Å². The molecule has 2 aromatic carbocycles. The van der Waals surface area contributed by atoms with Crippen LogP contribution in [0.15, 0.2) is 57.8 Å². The molecule has 0 aromatic heterocycles. The van der Waals surface area contributed by atoms with Gasteiger partial charge in [0.15, 0.2) is 0 Å². The number of hydrogen-bond acceptors (Lipinski definition) is 4. The number of benzene rings is 2. The van der Waals surface area contributed by atoms with Gasteiger partial charge in [-0.1, -0.05) is 48.9 Å². The van der Waals surface area contributed by atoms with E-state index in [4.69, 9.17) is 9.59 Å². The summed E-state index contributed by atoms with van der Waals surface area (Å²) in [5, 5.41) is 0. The van der Waals surface area contributed by atoms with Crippen molar-refractivity contribution >= 4 is 22.4 Å². The van der Waals surface area contributed by atoms with Gasteiger partial charge in [0.1, 0.15) is 0 Å². The van der Waals surface area contributed by atoms with Crippen LogP contribution >= 0.6 is 0 Å². The van der Waals surface area contributed by atoms with E-state index in [2.05, 4.69) is 11.3 Å². The minimum atomic E-state index is -3.62. The Kier molecular flexibility index (Phi) is 7.06. The lowest BCUT2D eigenvalue weighted by Crippen LogP contribution is -1.97. The summed E-state index contributed by atoms with van der Waals surface area (Å²) in [6, 6.07) is 14.3. The van der Waals surface area contributed by atoms with Crippen molar-refractivity contribution in [3.8, 4) is 0 Å². The van der Waals surface area contributed by atoms with Crippen molar-refractivity contribution in [1.29, 1.82) is 0 Å². The van der Waals surface area contributed by atoms with Crippen LogP contribution in [0.5, 0.6) is 0 Å². The second kappa shape index (κ2) is 8.78. The molecular weight excluding hydrogens is 314 g/mol. The first kappa shape index (κ1) is 18.5.